The van der Waals surface area contributed by atoms with Crippen LogP contribution in [0.3, 0.4) is 0 Å². The third-order valence-electron chi connectivity index (χ3n) is 2.64. The van der Waals surface area contributed by atoms with E-state index in [1.165, 1.54) is 0 Å². The summed E-state index contributed by atoms with van der Waals surface area (Å²) in [4.78, 5) is 4.08. The summed E-state index contributed by atoms with van der Waals surface area (Å²) in [5.41, 5.74) is 8.29. The summed E-state index contributed by atoms with van der Waals surface area (Å²) < 4.78 is 1.88. The molecule has 2 N–H and O–H groups in total. The largest absolute Gasteiger partial charge is 0.322 e. The molecule has 0 fully saturated rings. The fraction of sp³-hybridized carbons (Fsp3) is 0.417. The Hall–Kier alpha value is -1.75. The first-order valence-corrected chi connectivity index (χ1v) is 5.84. The van der Waals surface area contributed by atoms with Crippen molar-refractivity contribution in [2.24, 2.45) is 5.73 Å². The van der Waals surface area contributed by atoms with Crippen molar-refractivity contribution >= 4 is 0 Å². The Bertz CT molecular complexity index is 451. The Morgan fingerprint density at radius 2 is 2.29 bits per heavy atom. The van der Waals surface area contributed by atoms with Gasteiger partial charge in [-0.3, -0.25) is 4.98 Å². The van der Waals surface area contributed by atoms with E-state index in [4.69, 9.17) is 5.73 Å². The molecule has 0 radical (unpaired) electrons. The van der Waals surface area contributed by atoms with Crippen molar-refractivity contribution in [3.05, 3.63) is 42.0 Å². The van der Waals surface area contributed by atoms with E-state index in [0.29, 0.717) is 0 Å². The maximum Gasteiger partial charge on any atom is 0.0757 e. The predicted molar refractivity (Wildman–Crippen MR) is 65.2 cm³/mol. The number of hydrogen-bond donors (Lipinski definition) is 1. The predicted octanol–water partition coefficient (Wildman–Crippen LogP) is 1.33. The summed E-state index contributed by atoms with van der Waals surface area (Å²) >= 11 is 0. The van der Waals surface area contributed by atoms with E-state index in [9.17, 15) is 0 Å². The molecule has 5 nitrogen and oxygen atoms in total. The second-order valence-corrected chi connectivity index (χ2v) is 4.05. The molecule has 0 aliphatic rings. The van der Waals surface area contributed by atoms with Gasteiger partial charge in [0, 0.05) is 18.9 Å². The smallest absolute Gasteiger partial charge is 0.0757 e. The van der Waals surface area contributed by atoms with E-state index < -0.39 is 0 Å². The number of pyridine rings is 1. The van der Waals surface area contributed by atoms with Gasteiger partial charge >= 0.3 is 0 Å². The zero-order chi connectivity index (χ0) is 12.1. The first kappa shape index (κ1) is 11.7. The molecule has 1 atom stereocenters. The first-order chi connectivity index (χ1) is 8.31. The minimum absolute atomic E-state index is 0.0826. The van der Waals surface area contributed by atoms with E-state index in [1.807, 2.05) is 23.0 Å². The fourth-order valence-electron chi connectivity index (χ4n) is 1.82. The molecule has 0 saturated carbocycles. The van der Waals surface area contributed by atoms with Crippen molar-refractivity contribution in [1.29, 1.82) is 0 Å². The molecule has 0 aromatic carbocycles. The van der Waals surface area contributed by atoms with Crippen LogP contribution >= 0.6 is 0 Å². The highest BCUT2D eigenvalue weighted by Gasteiger charge is 2.13. The number of nitrogens with zero attached hydrogens (tertiary/aromatic N) is 4. The highest BCUT2D eigenvalue weighted by molar-refractivity contribution is 5.14. The van der Waals surface area contributed by atoms with Gasteiger partial charge in [-0.25, -0.2) is 4.68 Å². The standard InChI is InChI=1S/C12H17N5/c1-2-6-17-12(9-15-16-17)11(13)7-10-4-3-5-14-8-10/h3-5,8-9,11H,2,6-7,13H2,1H3. The van der Waals surface area contributed by atoms with E-state index in [0.717, 1.165) is 30.6 Å². The quantitative estimate of drug-likeness (QED) is 0.842. The molecule has 0 spiro atoms. The second kappa shape index (κ2) is 5.54. The summed E-state index contributed by atoms with van der Waals surface area (Å²) in [7, 11) is 0. The lowest BCUT2D eigenvalue weighted by Crippen LogP contribution is -2.18. The average molecular weight is 231 g/mol. The molecule has 90 valence electrons. The summed E-state index contributed by atoms with van der Waals surface area (Å²) in [5, 5.41) is 7.96. The maximum atomic E-state index is 6.17. The van der Waals surface area contributed by atoms with Crippen molar-refractivity contribution in [2.75, 3.05) is 0 Å². The molecule has 0 aliphatic heterocycles. The van der Waals surface area contributed by atoms with E-state index in [-0.39, 0.29) is 6.04 Å². The van der Waals surface area contributed by atoms with Gasteiger partial charge in [0.05, 0.1) is 17.9 Å². The van der Waals surface area contributed by atoms with Crippen LogP contribution in [0.5, 0.6) is 0 Å². The normalized spacial score (nSPS) is 12.6. The third kappa shape index (κ3) is 2.88. The van der Waals surface area contributed by atoms with Gasteiger partial charge in [0.1, 0.15) is 0 Å². The molecule has 2 rings (SSSR count). The van der Waals surface area contributed by atoms with Gasteiger partial charge in [-0.15, -0.1) is 5.10 Å². The van der Waals surface area contributed by atoms with Crippen molar-refractivity contribution in [2.45, 2.75) is 32.4 Å². The lowest BCUT2D eigenvalue weighted by atomic mass is 10.1. The van der Waals surface area contributed by atoms with Crippen LogP contribution in [0.15, 0.2) is 30.7 Å². The minimum Gasteiger partial charge on any atom is -0.322 e. The van der Waals surface area contributed by atoms with Crippen LogP contribution in [0.25, 0.3) is 0 Å². The summed E-state index contributed by atoms with van der Waals surface area (Å²) in [6, 6.07) is 3.87. The van der Waals surface area contributed by atoms with Gasteiger partial charge in [0.2, 0.25) is 0 Å². The van der Waals surface area contributed by atoms with Gasteiger partial charge in [-0.05, 0) is 24.5 Å². The Kier molecular flexibility index (Phi) is 3.82. The highest BCUT2D eigenvalue weighted by Crippen LogP contribution is 2.14. The van der Waals surface area contributed by atoms with Crippen molar-refractivity contribution in [3.63, 3.8) is 0 Å². The van der Waals surface area contributed by atoms with E-state index >= 15 is 0 Å². The molecule has 2 aromatic rings. The van der Waals surface area contributed by atoms with Gasteiger partial charge < -0.3 is 5.73 Å². The fourth-order valence-corrected chi connectivity index (χ4v) is 1.82. The van der Waals surface area contributed by atoms with Crippen molar-refractivity contribution in [1.82, 2.24) is 20.0 Å². The zero-order valence-corrected chi connectivity index (χ0v) is 9.95. The van der Waals surface area contributed by atoms with Crippen molar-refractivity contribution in [3.8, 4) is 0 Å². The van der Waals surface area contributed by atoms with Crippen molar-refractivity contribution < 1.29 is 0 Å². The molecular formula is C12H17N5. The van der Waals surface area contributed by atoms with Gasteiger partial charge in [-0.1, -0.05) is 18.2 Å². The maximum absolute atomic E-state index is 6.17. The first-order valence-electron chi connectivity index (χ1n) is 5.84. The Balaban J connectivity index is 2.09. The lowest BCUT2D eigenvalue weighted by molar-refractivity contribution is 0.525. The third-order valence-corrected chi connectivity index (χ3v) is 2.64. The molecule has 1 unspecified atom stereocenters. The van der Waals surface area contributed by atoms with Crippen LogP contribution in [-0.2, 0) is 13.0 Å². The van der Waals surface area contributed by atoms with Gasteiger partial charge in [0.15, 0.2) is 0 Å². The molecular weight excluding hydrogens is 214 g/mol. The average Bonchev–Trinajstić information content (AvgIpc) is 2.79. The number of aromatic nitrogens is 4. The van der Waals surface area contributed by atoms with Crippen LogP contribution in [0, 0.1) is 0 Å². The summed E-state index contributed by atoms with van der Waals surface area (Å²) in [6.45, 7) is 2.97. The highest BCUT2D eigenvalue weighted by atomic mass is 15.4. The monoisotopic (exact) mass is 231 g/mol. The SMILES string of the molecule is CCCn1nncc1C(N)Cc1cccnc1. The Morgan fingerprint density at radius 3 is 3.00 bits per heavy atom. The van der Waals surface area contributed by atoms with Crippen LogP contribution in [0.4, 0.5) is 0 Å². The molecule has 0 amide bonds. The summed E-state index contributed by atoms with van der Waals surface area (Å²) in [5.74, 6) is 0. The van der Waals surface area contributed by atoms with Gasteiger partial charge in [-0.2, -0.15) is 0 Å². The minimum atomic E-state index is -0.0826. The molecule has 5 heteroatoms. The molecule has 0 aliphatic carbocycles. The number of aryl methyl sites for hydroxylation is 1. The Morgan fingerprint density at radius 1 is 1.41 bits per heavy atom. The van der Waals surface area contributed by atoms with Gasteiger partial charge in [0.25, 0.3) is 0 Å². The summed E-state index contributed by atoms with van der Waals surface area (Å²) in [6.07, 6.45) is 7.13. The molecule has 2 heterocycles. The topological polar surface area (TPSA) is 69.6 Å². The Labute approximate surface area is 101 Å². The van der Waals surface area contributed by atoms with Crippen LogP contribution in [0.1, 0.15) is 30.6 Å². The van der Waals surface area contributed by atoms with E-state index in [1.54, 1.807) is 12.4 Å². The van der Waals surface area contributed by atoms with Crippen LogP contribution < -0.4 is 5.73 Å². The number of hydrogen-bond acceptors (Lipinski definition) is 4. The van der Waals surface area contributed by atoms with E-state index in [2.05, 4.69) is 22.2 Å². The molecule has 2 aromatic heterocycles. The molecule has 0 bridgehead atoms. The number of nitrogens with two attached hydrogens (primary N) is 1. The van der Waals surface area contributed by atoms with Crippen LogP contribution in [0.2, 0.25) is 0 Å². The van der Waals surface area contributed by atoms with Crippen LogP contribution in [-0.4, -0.2) is 20.0 Å². The second-order valence-electron chi connectivity index (χ2n) is 4.05. The number of rotatable bonds is 5. The molecule has 17 heavy (non-hydrogen) atoms. The lowest BCUT2D eigenvalue weighted by Gasteiger charge is -2.12. The molecule has 0 saturated heterocycles. The zero-order valence-electron chi connectivity index (χ0n) is 9.95.